The molecule has 0 saturated heterocycles. The van der Waals surface area contributed by atoms with E-state index in [9.17, 15) is 14.9 Å². The minimum atomic E-state index is -0.489. The molecule has 1 aromatic heterocycles. The minimum absolute atomic E-state index is 0.0244. The highest BCUT2D eigenvalue weighted by Crippen LogP contribution is 2.29. The van der Waals surface area contributed by atoms with Gasteiger partial charge in [-0.3, -0.25) is 20.0 Å². The Morgan fingerprint density at radius 2 is 1.85 bits per heavy atom. The van der Waals surface area contributed by atoms with Gasteiger partial charge in [-0.05, 0) is 53.6 Å². The summed E-state index contributed by atoms with van der Waals surface area (Å²) in [5, 5.41) is 22.2. The fraction of sp³-hybridized carbons (Fsp3) is 0.0417. The number of carbonyl (C=O) groups is 1. The third-order valence-electron chi connectivity index (χ3n) is 4.78. The van der Waals surface area contributed by atoms with E-state index in [2.05, 4.69) is 20.7 Å². The van der Waals surface area contributed by atoms with Crippen molar-refractivity contribution in [3.63, 3.8) is 0 Å². The standard InChI is InChI=1S/C24H18ClN5O4/c25-18-9-5-17(6-10-18)15-34-23-4-2-1-3-20(23)21-13-22(28-27-21)24(31)29-26-14-16-7-11-19(12-8-16)30(32)33/h1-14H,15H2,(H,27,28)(H,29,31)/b26-14+. The van der Waals surface area contributed by atoms with Gasteiger partial charge in [0.15, 0.2) is 0 Å². The smallest absolute Gasteiger partial charge is 0.289 e. The number of nitro benzene ring substituents is 1. The van der Waals surface area contributed by atoms with E-state index in [1.807, 2.05) is 36.4 Å². The molecule has 1 amide bonds. The van der Waals surface area contributed by atoms with Crippen LogP contribution in [0.1, 0.15) is 21.6 Å². The molecule has 0 atom stereocenters. The molecule has 0 bridgehead atoms. The van der Waals surface area contributed by atoms with Gasteiger partial charge >= 0.3 is 0 Å². The van der Waals surface area contributed by atoms with Crippen molar-refractivity contribution in [2.24, 2.45) is 5.10 Å². The van der Waals surface area contributed by atoms with E-state index in [4.69, 9.17) is 16.3 Å². The Morgan fingerprint density at radius 3 is 2.59 bits per heavy atom. The third-order valence-corrected chi connectivity index (χ3v) is 5.03. The zero-order chi connectivity index (χ0) is 23.9. The molecule has 4 aromatic rings. The lowest BCUT2D eigenvalue weighted by atomic mass is 10.1. The second-order valence-electron chi connectivity index (χ2n) is 7.13. The number of nitrogens with zero attached hydrogens (tertiary/aromatic N) is 3. The van der Waals surface area contributed by atoms with Crippen molar-refractivity contribution in [1.29, 1.82) is 0 Å². The predicted octanol–water partition coefficient (Wildman–Crippen LogP) is 4.98. The maximum atomic E-state index is 12.4. The topological polar surface area (TPSA) is 123 Å². The number of rotatable bonds is 8. The molecule has 170 valence electrons. The maximum absolute atomic E-state index is 12.4. The lowest BCUT2D eigenvalue weighted by molar-refractivity contribution is -0.384. The first-order chi connectivity index (χ1) is 16.5. The van der Waals surface area contributed by atoms with E-state index in [0.717, 1.165) is 11.1 Å². The monoisotopic (exact) mass is 475 g/mol. The molecule has 2 N–H and O–H groups in total. The van der Waals surface area contributed by atoms with Crippen molar-refractivity contribution in [3.8, 4) is 17.0 Å². The van der Waals surface area contributed by atoms with Crippen LogP contribution in [0, 0.1) is 10.1 Å². The van der Waals surface area contributed by atoms with Gasteiger partial charge in [0.1, 0.15) is 18.1 Å². The Morgan fingerprint density at radius 1 is 1.12 bits per heavy atom. The first-order valence-corrected chi connectivity index (χ1v) is 10.5. The number of nitro groups is 1. The summed E-state index contributed by atoms with van der Waals surface area (Å²) in [7, 11) is 0. The molecule has 0 spiro atoms. The first kappa shape index (κ1) is 22.7. The molecule has 0 fully saturated rings. The number of ether oxygens (including phenoxy) is 1. The van der Waals surface area contributed by atoms with Crippen LogP contribution in [0.5, 0.6) is 5.75 Å². The van der Waals surface area contributed by atoms with Gasteiger partial charge in [0.25, 0.3) is 11.6 Å². The molecule has 34 heavy (non-hydrogen) atoms. The van der Waals surface area contributed by atoms with Crippen LogP contribution in [0.3, 0.4) is 0 Å². The highest BCUT2D eigenvalue weighted by Gasteiger charge is 2.14. The summed E-state index contributed by atoms with van der Waals surface area (Å²) in [5.74, 6) is 0.128. The van der Waals surface area contributed by atoms with Crippen molar-refractivity contribution in [2.75, 3.05) is 0 Å². The van der Waals surface area contributed by atoms with Crippen LogP contribution in [0.25, 0.3) is 11.3 Å². The number of nitrogens with one attached hydrogen (secondary N) is 2. The Hall–Kier alpha value is -4.50. The first-order valence-electron chi connectivity index (χ1n) is 10.1. The van der Waals surface area contributed by atoms with Crippen LogP contribution >= 0.6 is 11.6 Å². The second-order valence-corrected chi connectivity index (χ2v) is 7.56. The average Bonchev–Trinajstić information content (AvgIpc) is 3.34. The molecule has 1 heterocycles. The number of hydrazone groups is 1. The highest BCUT2D eigenvalue weighted by molar-refractivity contribution is 6.30. The number of H-pyrrole nitrogens is 1. The van der Waals surface area contributed by atoms with Crippen molar-refractivity contribution in [2.45, 2.75) is 6.61 Å². The second kappa shape index (κ2) is 10.4. The summed E-state index contributed by atoms with van der Waals surface area (Å²) in [6.45, 7) is 0.351. The zero-order valence-electron chi connectivity index (χ0n) is 17.6. The summed E-state index contributed by atoms with van der Waals surface area (Å²) in [6, 6.07) is 22.1. The average molecular weight is 476 g/mol. The lowest BCUT2D eigenvalue weighted by Crippen LogP contribution is -2.18. The molecule has 0 aliphatic heterocycles. The fourth-order valence-electron chi connectivity index (χ4n) is 3.03. The van der Waals surface area contributed by atoms with Gasteiger partial charge in [-0.1, -0.05) is 35.9 Å². The number of amides is 1. The van der Waals surface area contributed by atoms with Crippen LogP contribution in [-0.2, 0) is 6.61 Å². The van der Waals surface area contributed by atoms with Gasteiger partial charge in [0, 0.05) is 22.7 Å². The lowest BCUT2D eigenvalue weighted by Gasteiger charge is -2.10. The van der Waals surface area contributed by atoms with E-state index in [-0.39, 0.29) is 11.4 Å². The van der Waals surface area contributed by atoms with Gasteiger partial charge < -0.3 is 4.74 Å². The summed E-state index contributed by atoms with van der Waals surface area (Å²) in [6.07, 6.45) is 1.39. The molecular weight excluding hydrogens is 458 g/mol. The van der Waals surface area contributed by atoms with Gasteiger partial charge in [-0.25, -0.2) is 5.43 Å². The molecular formula is C24H18ClN5O4. The summed E-state index contributed by atoms with van der Waals surface area (Å²) < 4.78 is 5.96. The number of non-ortho nitro benzene ring substituents is 1. The molecule has 0 aliphatic rings. The number of hydrogen-bond donors (Lipinski definition) is 2. The SMILES string of the molecule is O=C(N/N=C/c1ccc([N+](=O)[O-])cc1)c1cc(-c2ccccc2OCc2ccc(Cl)cc2)n[nH]1. The molecule has 0 aliphatic carbocycles. The fourth-order valence-corrected chi connectivity index (χ4v) is 3.16. The van der Waals surface area contributed by atoms with Gasteiger partial charge in [-0.2, -0.15) is 10.2 Å². The maximum Gasteiger partial charge on any atom is 0.289 e. The van der Waals surface area contributed by atoms with Crippen molar-refractivity contribution >= 4 is 29.4 Å². The minimum Gasteiger partial charge on any atom is -0.488 e. The van der Waals surface area contributed by atoms with Gasteiger partial charge in [-0.15, -0.1) is 0 Å². The van der Waals surface area contributed by atoms with E-state index < -0.39 is 10.8 Å². The summed E-state index contributed by atoms with van der Waals surface area (Å²) in [5.41, 5.74) is 5.41. The van der Waals surface area contributed by atoms with Crippen molar-refractivity contribution < 1.29 is 14.5 Å². The largest absolute Gasteiger partial charge is 0.488 e. The van der Waals surface area contributed by atoms with Crippen LogP contribution in [0.2, 0.25) is 5.02 Å². The number of aromatic nitrogens is 2. The number of para-hydroxylation sites is 1. The highest BCUT2D eigenvalue weighted by atomic mass is 35.5. The zero-order valence-corrected chi connectivity index (χ0v) is 18.4. The Bertz CT molecular complexity index is 1330. The summed E-state index contributed by atoms with van der Waals surface area (Å²) >= 11 is 5.92. The number of benzene rings is 3. The molecule has 9 nitrogen and oxygen atoms in total. The van der Waals surface area contributed by atoms with E-state index in [0.29, 0.717) is 28.6 Å². The van der Waals surface area contributed by atoms with Crippen LogP contribution in [0.4, 0.5) is 5.69 Å². The molecule has 3 aromatic carbocycles. The normalized spacial score (nSPS) is 10.9. The third kappa shape index (κ3) is 5.64. The van der Waals surface area contributed by atoms with Gasteiger partial charge in [0.05, 0.1) is 16.8 Å². The molecule has 0 saturated carbocycles. The molecule has 4 rings (SSSR count). The van der Waals surface area contributed by atoms with E-state index in [1.165, 1.54) is 30.5 Å². The Labute approximate surface area is 199 Å². The Kier molecular flexibility index (Phi) is 6.95. The number of halogens is 1. The molecule has 0 radical (unpaired) electrons. The van der Waals surface area contributed by atoms with Crippen molar-refractivity contribution in [3.05, 3.63) is 111 Å². The van der Waals surface area contributed by atoms with Crippen LogP contribution in [-0.4, -0.2) is 27.2 Å². The Balaban J connectivity index is 1.41. The molecule has 10 heteroatoms. The van der Waals surface area contributed by atoms with E-state index in [1.54, 1.807) is 18.2 Å². The quantitative estimate of drug-likeness (QED) is 0.211. The molecule has 0 unspecified atom stereocenters. The van der Waals surface area contributed by atoms with Crippen LogP contribution in [0.15, 0.2) is 84.0 Å². The number of aromatic amines is 1. The summed E-state index contributed by atoms with van der Waals surface area (Å²) in [4.78, 5) is 22.6. The van der Waals surface area contributed by atoms with Crippen LogP contribution < -0.4 is 10.2 Å². The number of carbonyl (C=O) groups excluding carboxylic acids is 1. The predicted molar refractivity (Wildman–Crippen MR) is 128 cm³/mol. The van der Waals surface area contributed by atoms with E-state index >= 15 is 0 Å². The van der Waals surface area contributed by atoms with Crippen molar-refractivity contribution in [1.82, 2.24) is 15.6 Å². The van der Waals surface area contributed by atoms with Gasteiger partial charge in [0.2, 0.25) is 0 Å². The number of hydrogen-bond acceptors (Lipinski definition) is 6.